The molecule has 2 aliphatic heterocycles. The lowest BCUT2D eigenvalue weighted by molar-refractivity contribution is -0.124. The zero-order chi connectivity index (χ0) is 11.0. The van der Waals surface area contributed by atoms with E-state index < -0.39 is 0 Å². The second kappa shape index (κ2) is 3.94. The molecule has 0 aliphatic carbocycles. The van der Waals surface area contributed by atoms with Gasteiger partial charge in [-0.05, 0) is 18.9 Å². The Morgan fingerprint density at radius 2 is 2.44 bits per heavy atom. The maximum absolute atomic E-state index is 11.3. The van der Waals surface area contributed by atoms with Crippen molar-refractivity contribution in [1.29, 1.82) is 0 Å². The molecule has 2 atom stereocenters. The van der Waals surface area contributed by atoms with Crippen molar-refractivity contribution in [2.75, 3.05) is 6.54 Å². The number of carbonyl (C=O) groups is 1. The summed E-state index contributed by atoms with van der Waals surface area (Å²) in [4.78, 5) is 13.7. The van der Waals surface area contributed by atoms with E-state index in [2.05, 4.69) is 10.2 Å². The van der Waals surface area contributed by atoms with Gasteiger partial charge in [-0.25, -0.2) is 0 Å². The predicted octanol–water partition coefficient (Wildman–Crippen LogP) is 1.13. The summed E-state index contributed by atoms with van der Waals surface area (Å²) in [7, 11) is 0. The van der Waals surface area contributed by atoms with Gasteiger partial charge >= 0.3 is 0 Å². The quantitative estimate of drug-likeness (QED) is 0.812. The number of furan rings is 1. The van der Waals surface area contributed by atoms with Crippen molar-refractivity contribution in [2.45, 2.75) is 37.9 Å². The largest absolute Gasteiger partial charge is 0.472 e. The molecule has 4 heteroatoms. The van der Waals surface area contributed by atoms with Crippen LogP contribution in [0.15, 0.2) is 23.0 Å². The lowest BCUT2D eigenvalue weighted by Crippen LogP contribution is -2.49. The molecule has 1 amide bonds. The zero-order valence-electron chi connectivity index (χ0n) is 9.19. The highest BCUT2D eigenvalue weighted by Crippen LogP contribution is 2.27. The molecule has 0 saturated carbocycles. The maximum Gasteiger partial charge on any atom is 0.220 e. The number of nitrogens with one attached hydrogen (secondary N) is 1. The van der Waals surface area contributed by atoms with Crippen LogP contribution in [0.25, 0.3) is 0 Å². The van der Waals surface area contributed by atoms with Crippen LogP contribution in [-0.4, -0.2) is 29.4 Å². The van der Waals surface area contributed by atoms with Crippen LogP contribution in [0.3, 0.4) is 0 Å². The maximum atomic E-state index is 11.3. The third-order valence-corrected chi connectivity index (χ3v) is 3.64. The number of hydrogen-bond acceptors (Lipinski definition) is 3. The Hall–Kier alpha value is -1.29. The van der Waals surface area contributed by atoms with Gasteiger partial charge in [0.1, 0.15) is 0 Å². The molecule has 0 unspecified atom stereocenters. The second-order valence-electron chi connectivity index (χ2n) is 4.67. The summed E-state index contributed by atoms with van der Waals surface area (Å²) < 4.78 is 5.08. The fraction of sp³-hybridized carbons (Fsp3) is 0.583. The second-order valence-corrected chi connectivity index (χ2v) is 4.67. The molecule has 2 fully saturated rings. The third-order valence-electron chi connectivity index (χ3n) is 3.64. The first-order valence-corrected chi connectivity index (χ1v) is 5.87. The van der Waals surface area contributed by atoms with Gasteiger partial charge in [0.25, 0.3) is 0 Å². The fourth-order valence-electron chi connectivity index (χ4n) is 2.84. The van der Waals surface area contributed by atoms with E-state index in [-0.39, 0.29) is 5.91 Å². The highest BCUT2D eigenvalue weighted by Gasteiger charge is 2.37. The Bertz CT molecular complexity index is 374. The normalized spacial score (nSPS) is 30.1. The van der Waals surface area contributed by atoms with Gasteiger partial charge in [0.05, 0.1) is 12.5 Å². The minimum absolute atomic E-state index is 0.214. The monoisotopic (exact) mass is 220 g/mol. The molecule has 3 heterocycles. The van der Waals surface area contributed by atoms with Crippen molar-refractivity contribution < 1.29 is 9.21 Å². The standard InChI is InChI=1S/C12H16N2O2/c15-12-2-1-11-10(13-12)3-5-14(11)7-9-4-6-16-8-9/h4,6,8,10-11H,1-3,5,7H2,(H,13,15)/t10-,11+/m0/s1. The van der Waals surface area contributed by atoms with Crippen LogP contribution in [0.5, 0.6) is 0 Å². The number of fused-ring (bicyclic) bond motifs is 1. The van der Waals surface area contributed by atoms with Gasteiger partial charge in [0.15, 0.2) is 0 Å². The van der Waals surface area contributed by atoms with Crippen LogP contribution in [0, 0.1) is 0 Å². The van der Waals surface area contributed by atoms with E-state index in [1.165, 1.54) is 5.56 Å². The van der Waals surface area contributed by atoms with E-state index in [0.29, 0.717) is 18.5 Å². The summed E-state index contributed by atoms with van der Waals surface area (Å²) in [5, 5.41) is 3.08. The number of nitrogens with zero attached hydrogens (tertiary/aromatic N) is 1. The number of likely N-dealkylation sites (tertiary alicyclic amines) is 1. The Morgan fingerprint density at radius 3 is 3.25 bits per heavy atom. The summed E-state index contributed by atoms with van der Waals surface area (Å²) >= 11 is 0. The van der Waals surface area contributed by atoms with E-state index in [1.807, 2.05) is 6.07 Å². The van der Waals surface area contributed by atoms with E-state index in [0.717, 1.165) is 25.9 Å². The molecule has 4 nitrogen and oxygen atoms in total. The Balaban J connectivity index is 1.67. The molecular weight excluding hydrogens is 204 g/mol. The average molecular weight is 220 g/mol. The van der Waals surface area contributed by atoms with Gasteiger partial charge in [0.2, 0.25) is 5.91 Å². The molecule has 2 aliphatic rings. The van der Waals surface area contributed by atoms with Crippen LogP contribution >= 0.6 is 0 Å². The van der Waals surface area contributed by atoms with E-state index in [4.69, 9.17) is 4.42 Å². The van der Waals surface area contributed by atoms with Gasteiger partial charge < -0.3 is 9.73 Å². The van der Waals surface area contributed by atoms with Gasteiger partial charge in [-0.3, -0.25) is 9.69 Å². The minimum Gasteiger partial charge on any atom is -0.472 e. The molecule has 2 saturated heterocycles. The molecule has 0 aromatic carbocycles. The SMILES string of the molecule is O=C1CC[C@@H]2[C@H](CCN2Cc2ccoc2)N1. The molecule has 0 radical (unpaired) electrons. The van der Waals surface area contributed by atoms with Crippen molar-refractivity contribution in [1.82, 2.24) is 10.2 Å². The molecule has 0 spiro atoms. The molecule has 86 valence electrons. The molecule has 3 rings (SSSR count). The van der Waals surface area contributed by atoms with E-state index in [1.54, 1.807) is 12.5 Å². The molecule has 1 aromatic rings. The number of carbonyl (C=O) groups excluding carboxylic acids is 1. The highest BCUT2D eigenvalue weighted by atomic mass is 16.3. The summed E-state index contributed by atoms with van der Waals surface area (Å²) in [6.07, 6.45) is 6.26. The average Bonchev–Trinajstić information content (AvgIpc) is 2.89. The summed E-state index contributed by atoms with van der Waals surface area (Å²) in [6.45, 7) is 2.01. The van der Waals surface area contributed by atoms with Crippen molar-refractivity contribution in [2.24, 2.45) is 0 Å². The van der Waals surface area contributed by atoms with E-state index in [9.17, 15) is 4.79 Å². The Labute approximate surface area is 94.6 Å². The first kappa shape index (κ1) is 9.90. The van der Waals surface area contributed by atoms with Crippen LogP contribution in [0.4, 0.5) is 0 Å². The van der Waals surface area contributed by atoms with Crippen LogP contribution in [0.2, 0.25) is 0 Å². The number of piperidine rings is 1. The van der Waals surface area contributed by atoms with Crippen molar-refractivity contribution >= 4 is 5.91 Å². The van der Waals surface area contributed by atoms with Gasteiger partial charge in [-0.2, -0.15) is 0 Å². The van der Waals surface area contributed by atoms with Crippen LogP contribution in [-0.2, 0) is 11.3 Å². The molecule has 1 aromatic heterocycles. The van der Waals surface area contributed by atoms with Crippen molar-refractivity contribution in [3.8, 4) is 0 Å². The summed E-state index contributed by atoms with van der Waals surface area (Å²) in [5.74, 6) is 0.214. The summed E-state index contributed by atoms with van der Waals surface area (Å²) in [5.41, 5.74) is 1.22. The fourth-order valence-corrected chi connectivity index (χ4v) is 2.84. The first-order chi connectivity index (χ1) is 7.83. The molecular formula is C12H16N2O2. The van der Waals surface area contributed by atoms with Crippen molar-refractivity contribution in [3.05, 3.63) is 24.2 Å². The predicted molar refractivity (Wildman–Crippen MR) is 58.7 cm³/mol. The minimum atomic E-state index is 0.214. The van der Waals surface area contributed by atoms with Crippen molar-refractivity contribution in [3.63, 3.8) is 0 Å². The number of amides is 1. The van der Waals surface area contributed by atoms with Gasteiger partial charge in [-0.1, -0.05) is 0 Å². The number of rotatable bonds is 2. The Kier molecular flexibility index (Phi) is 2.44. The third kappa shape index (κ3) is 1.73. The lowest BCUT2D eigenvalue weighted by Gasteiger charge is -2.31. The smallest absolute Gasteiger partial charge is 0.220 e. The van der Waals surface area contributed by atoms with Crippen LogP contribution in [0.1, 0.15) is 24.8 Å². The van der Waals surface area contributed by atoms with E-state index >= 15 is 0 Å². The first-order valence-electron chi connectivity index (χ1n) is 5.87. The molecule has 1 N–H and O–H groups in total. The molecule has 0 bridgehead atoms. The number of hydrogen-bond donors (Lipinski definition) is 1. The van der Waals surface area contributed by atoms with Gasteiger partial charge in [0, 0.05) is 37.2 Å². The zero-order valence-corrected chi connectivity index (χ0v) is 9.19. The summed E-state index contributed by atoms with van der Waals surface area (Å²) in [6, 6.07) is 2.90. The Morgan fingerprint density at radius 1 is 1.50 bits per heavy atom. The van der Waals surface area contributed by atoms with Gasteiger partial charge in [-0.15, -0.1) is 0 Å². The molecule has 16 heavy (non-hydrogen) atoms. The lowest BCUT2D eigenvalue weighted by atomic mass is 9.99. The van der Waals surface area contributed by atoms with Crippen LogP contribution < -0.4 is 5.32 Å². The highest BCUT2D eigenvalue weighted by molar-refractivity contribution is 5.77. The topological polar surface area (TPSA) is 45.5 Å².